The smallest absolute Gasteiger partial charge is 0.242 e. The van der Waals surface area contributed by atoms with Gasteiger partial charge in [0.25, 0.3) is 0 Å². The van der Waals surface area contributed by atoms with Crippen LogP contribution in [0.5, 0.6) is 0 Å². The van der Waals surface area contributed by atoms with Crippen LogP contribution in [-0.2, 0) is 11.3 Å². The molecule has 6 heteroatoms. The normalized spacial score (nSPS) is 17.8. The zero-order valence-electron chi connectivity index (χ0n) is 14.6. The topological polar surface area (TPSA) is 54.3 Å². The minimum atomic E-state index is 0.169. The van der Waals surface area contributed by atoms with Crippen LogP contribution in [0, 0.1) is 6.92 Å². The Morgan fingerprint density at radius 3 is 2.88 bits per heavy atom. The predicted molar refractivity (Wildman–Crippen MR) is 94.1 cm³/mol. The maximum Gasteiger partial charge on any atom is 0.242 e. The highest BCUT2D eigenvalue weighted by Gasteiger charge is 2.25. The fourth-order valence-corrected chi connectivity index (χ4v) is 3.22. The van der Waals surface area contributed by atoms with E-state index in [-0.39, 0.29) is 5.91 Å². The van der Waals surface area contributed by atoms with Crippen LogP contribution < -0.4 is 4.90 Å². The molecule has 6 nitrogen and oxygen atoms in total. The largest absolute Gasteiger partial charge is 0.363 e. The maximum absolute atomic E-state index is 12.6. The van der Waals surface area contributed by atoms with Gasteiger partial charge in [-0.15, -0.1) is 0 Å². The monoisotopic (exact) mass is 327 g/mol. The summed E-state index contributed by atoms with van der Waals surface area (Å²) >= 11 is 0. The van der Waals surface area contributed by atoms with Gasteiger partial charge in [-0.05, 0) is 37.5 Å². The number of anilines is 1. The van der Waals surface area contributed by atoms with E-state index in [1.54, 1.807) is 6.20 Å². The number of nitrogens with zero attached hydrogens (tertiary/aromatic N) is 5. The number of likely N-dealkylation sites (tertiary alicyclic amines) is 1. The van der Waals surface area contributed by atoms with E-state index in [0.717, 1.165) is 37.6 Å². The van der Waals surface area contributed by atoms with Crippen molar-refractivity contribution >= 4 is 11.7 Å². The molecule has 0 aromatic carbocycles. The van der Waals surface area contributed by atoms with Crippen molar-refractivity contribution in [2.45, 2.75) is 32.2 Å². The second kappa shape index (κ2) is 7.03. The van der Waals surface area contributed by atoms with E-state index in [1.807, 2.05) is 47.8 Å². The lowest BCUT2D eigenvalue weighted by atomic mass is 9.91. The molecule has 2 aromatic heterocycles. The van der Waals surface area contributed by atoms with Crippen molar-refractivity contribution in [2.24, 2.45) is 0 Å². The summed E-state index contributed by atoms with van der Waals surface area (Å²) in [5.74, 6) is 2.39. The number of imidazole rings is 1. The van der Waals surface area contributed by atoms with Gasteiger partial charge in [-0.2, -0.15) is 0 Å². The summed E-state index contributed by atoms with van der Waals surface area (Å²) in [6.45, 7) is 3.92. The van der Waals surface area contributed by atoms with E-state index in [0.29, 0.717) is 12.5 Å². The van der Waals surface area contributed by atoms with Crippen LogP contribution in [0.1, 0.15) is 30.1 Å². The lowest BCUT2D eigenvalue weighted by Crippen LogP contribution is -2.40. The zero-order chi connectivity index (χ0) is 17.1. The molecule has 0 aliphatic carbocycles. The Bertz CT molecular complexity index is 709. The molecule has 1 amide bonds. The molecule has 128 valence electrons. The van der Waals surface area contributed by atoms with Crippen molar-refractivity contribution in [3.63, 3.8) is 0 Å². The van der Waals surface area contributed by atoms with Crippen LogP contribution in [0.25, 0.3) is 0 Å². The fraction of sp³-hybridized carbons (Fsp3) is 0.500. The molecule has 2 aromatic rings. The number of pyridine rings is 1. The number of carbonyl (C=O) groups is 1. The summed E-state index contributed by atoms with van der Waals surface area (Å²) in [7, 11) is 3.99. The molecule has 0 N–H and O–H groups in total. The lowest BCUT2D eigenvalue weighted by Gasteiger charge is -2.33. The number of hydrogen-bond donors (Lipinski definition) is 0. The SMILES string of the molecule is Cc1nccn1CC(=O)N1CCCC(c2ccnc(N(C)C)c2)C1. The zero-order valence-corrected chi connectivity index (χ0v) is 14.6. The predicted octanol–water partition coefficient (Wildman–Crippen LogP) is 2.06. The first kappa shape index (κ1) is 16.5. The molecule has 1 fully saturated rings. The molecule has 0 saturated carbocycles. The number of carbonyl (C=O) groups excluding carboxylic acids is 1. The summed E-state index contributed by atoms with van der Waals surface area (Å²) in [5, 5.41) is 0. The fourth-order valence-electron chi connectivity index (χ4n) is 3.22. The number of rotatable bonds is 4. The van der Waals surface area contributed by atoms with Crippen molar-refractivity contribution in [2.75, 3.05) is 32.1 Å². The van der Waals surface area contributed by atoms with Gasteiger partial charge >= 0.3 is 0 Å². The minimum absolute atomic E-state index is 0.169. The molecule has 1 unspecified atom stereocenters. The van der Waals surface area contributed by atoms with E-state index < -0.39 is 0 Å². The van der Waals surface area contributed by atoms with Gasteiger partial charge in [0, 0.05) is 51.7 Å². The summed E-state index contributed by atoms with van der Waals surface area (Å²) in [6.07, 6.45) is 7.62. The Morgan fingerprint density at radius 1 is 1.33 bits per heavy atom. The molecule has 24 heavy (non-hydrogen) atoms. The van der Waals surface area contributed by atoms with Gasteiger partial charge in [-0.3, -0.25) is 4.79 Å². The molecule has 0 spiro atoms. The summed E-state index contributed by atoms with van der Waals surface area (Å²) in [4.78, 5) is 25.2. The quantitative estimate of drug-likeness (QED) is 0.862. The van der Waals surface area contributed by atoms with E-state index in [9.17, 15) is 4.79 Å². The first-order chi connectivity index (χ1) is 11.5. The summed E-state index contributed by atoms with van der Waals surface area (Å²) < 4.78 is 1.91. The van der Waals surface area contributed by atoms with Gasteiger partial charge in [0.1, 0.15) is 18.2 Å². The molecule has 1 aliphatic heterocycles. The van der Waals surface area contributed by atoms with Crippen molar-refractivity contribution in [1.29, 1.82) is 0 Å². The number of amides is 1. The van der Waals surface area contributed by atoms with Crippen LogP contribution in [0.15, 0.2) is 30.7 Å². The Labute approximate surface area is 143 Å². The van der Waals surface area contributed by atoms with E-state index in [4.69, 9.17) is 0 Å². The van der Waals surface area contributed by atoms with Crippen LogP contribution in [0.4, 0.5) is 5.82 Å². The number of piperidine rings is 1. The van der Waals surface area contributed by atoms with Crippen LogP contribution >= 0.6 is 0 Å². The Morgan fingerprint density at radius 2 is 2.17 bits per heavy atom. The van der Waals surface area contributed by atoms with E-state index in [2.05, 4.69) is 22.1 Å². The number of aromatic nitrogens is 3. The van der Waals surface area contributed by atoms with Crippen molar-refractivity contribution in [3.05, 3.63) is 42.1 Å². The lowest BCUT2D eigenvalue weighted by molar-refractivity contribution is -0.133. The van der Waals surface area contributed by atoms with Gasteiger partial charge in [-0.1, -0.05) is 0 Å². The highest BCUT2D eigenvalue weighted by atomic mass is 16.2. The van der Waals surface area contributed by atoms with Gasteiger partial charge in [0.2, 0.25) is 5.91 Å². The molecule has 3 rings (SSSR count). The van der Waals surface area contributed by atoms with Crippen LogP contribution in [-0.4, -0.2) is 52.5 Å². The minimum Gasteiger partial charge on any atom is -0.363 e. The molecule has 3 heterocycles. The number of aryl methyl sites for hydroxylation is 1. The average Bonchev–Trinajstić information content (AvgIpc) is 3.00. The third-order valence-electron chi connectivity index (χ3n) is 4.70. The first-order valence-electron chi connectivity index (χ1n) is 8.43. The Balaban J connectivity index is 1.69. The standard InChI is InChI=1S/C18H25N5O/c1-14-19-8-10-22(14)13-18(24)23-9-4-5-16(12-23)15-6-7-20-17(11-15)21(2)3/h6-8,10-11,16H,4-5,9,12-13H2,1-3H3. The van der Waals surface area contributed by atoms with Crippen molar-refractivity contribution < 1.29 is 4.79 Å². The third-order valence-corrected chi connectivity index (χ3v) is 4.70. The van der Waals surface area contributed by atoms with Crippen LogP contribution in [0.2, 0.25) is 0 Å². The van der Waals surface area contributed by atoms with Crippen molar-refractivity contribution in [1.82, 2.24) is 19.4 Å². The molecule has 0 bridgehead atoms. The molecule has 1 saturated heterocycles. The summed E-state index contributed by atoms with van der Waals surface area (Å²) in [6, 6.07) is 4.21. The van der Waals surface area contributed by atoms with Gasteiger partial charge in [-0.25, -0.2) is 9.97 Å². The second-order valence-corrected chi connectivity index (χ2v) is 6.62. The highest BCUT2D eigenvalue weighted by Crippen LogP contribution is 2.28. The highest BCUT2D eigenvalue weighted by molar-refractivity contribution is 5.76. The molecule has 1 aliphatic rings. The third kappa shape index (κ3) is 3.58. The molecular weight excluding hydrogens is 302 g/mol. The van der Waals surface area contributed by atoms with Gasteiger partial charge in [0.15, 0.2) is 0 Å². The van der Waals surface area contributed by atoms with Gasteiger partial charge < -0.3 is 14.4 Å². The molecule has 1 atom stereocenters. The van der Waals surface area contributed by atoms with E-state index >= 15 is 0 Å². The molecule has 0 radical (unpaired) electrons. The molecular formula is C18H25N5O. The first-order valence-corrected chi connectivity index (χ1v) is 8.43. The van der Waals surface area contributed by atoms with E-state index in [1.165, 1.54) is 5.56 Å². The Hall–Kier alpha value is -2.37. The van der Waals surface area contributed by atoms with Gasteiger partial charge in [0.05, 0.1) is 0 Å². The van der Waals surface area contributed by atoms with Crippen LogP contribution in [0.3, 0.4) is 0 Å². The van der Waals surface area contributed by atoms with Crippen molar-refractivity contribution in [3.8, 4) is 0 Å². The Kier molecular flexibility index (Phi) is 4.83. The maximum atomic E-state index is 12.6. The number of hydrogen-bond acceptors (Lipinski definition) is 4. The second-order valence-electron chi connectivity index (χ2n) is 6.62. The average molecular weight is 327 g/mol. The summed E-state index contributed by atoms with van der Waals surface area (Å²) in [5.41, 5.74) is 1.27.